The molecule has 0 N–H and O–H groups in total. The maximum absolute atomic E-state index is 12.9. The molecule has 28 heavy (non-hydrogen) atoms. The van der Waals surface area contributed by atoms with Gasteiger partial charge in [0.1, 0.15) is 5.69 Å². The van der Waals surface area contributed by atoms with Crippen LogP contribution in [0.15, 0.2) is 77.5 Å². The molecular formula is C21H17ClN4O2. The van der Waals surface area contributed by atoms with Gasteiger partial charge in [0, 0.05) is 24.3 Å². The highest BCUT2D eigenvalue weighted by Gasteiger charge is 2.21. The highest BCUT2D eigenvalue weighted by Crippen LogP contribution is 2.26. The Morgan fingerprint density at radius 1 is 1.14 bits per heavy atom. The van der Waals surface area contributed by atoms with Crippen molar-refractivity contribution in [3.63, 3.8) is 0 Å². The van der Waals surface area contributed by atoms with Gasteiger partial charge in [0.05, 0.1) is 24.2 Å². The molecule has 0 spiro atoms. The van der Waals surface area contributed by atoms with Crippen molar-refractivity contribution < 1.29 is 9.21 Å². The molecule has 1 aromatic carbocycles. The lowest BCUT2D eigenvalue weighted by atomic mass is 10.2. The molecule has 7 heteroatoms. The van der Waals surface area contributed by atoms with Gasteiger partial charge in [0.2, 0.25) is 0 Å². The average molecular weight is 393 g/mol. The Bertz CT molecular complexity index is 1070. The average Bonchev–Trinajstić information content (AvgIpc) is 3.38. The molecule has 6 nitrogen and oxygen atoms in total. The van der Waals surface area contributed by atoms with Crippen LogP contribution in [-0.4, -0.2) is 32.6 Å². The van der Waals surface area contributed by atoms with Gasteiger partial charge >= 0.3 is 0 Å². The zero-order chi connectivity index (χ0) is 19.5. The van der Waals surface area contributed by atoms with Crippen molar-refractivity contribution in [1.29, 1.82) is 0 Å². The zero-order valence-electron chi connectivity index (χ0n) is 15.1. The molecule has 4 aromatic rings. The highest BCUT2D eigenvalue weighted by molar-refractivity contribution is 6.30. The number of benzene rings is 1. The monoisotopic (exact) mass is 392 g/mol. The van der Waals surface area contributed by atoms with Gasteiger partial charge in [-0.3, -0.25) is 9.78 Å². The second kappa shape index (κ2) is 7.70. The van der Waals surface area contributed by atoms with E-state index in [4.69, 9.17) is 16.0 Å². The number of pyridine rings is 1. The van der Waals surface area contributed by atoms with Crippen molar-refractivity contribution in [3.05, 3.63) is 89.5 Å². The summed E-state index contributed by atoms with van der Waals surface area (Å²) in [6.45, 7) is 0.392. The molecule has 0 bridgehead atoms. The molecule has 0 fully saturated rings. The molecule has 0 aliphatic heterocycles. The van der Waals surface area contributed by atoms with E-state index in [1.165, 1.54) is 0 Å². The molecule has 0 unspecified atom stereocenters. The minimum absolute atomic E-state index is 0.203. The zero-order valence-corrected chi connectivity index (χ0v) is 15.9. The number of carbonyl (C=O) groups is 1. The minimum Gasteiger partial charge on any atom is -0.463 e. The lowest BCUT2D eigenvalue weighted by Crippen LogP contribution is -2.27. The van der Waals surface area contributed by atoms with E-state index in [-0.39, 0.29) is 5.91 Å². The van der Waals surface area contributed by atoms with E-state index in [9.17, 15) is 4.79 Å². The van der Waals surface area contributed by atoms with Gasteiger partial charge < -0.3 is 9.32 Å². The fourth-order valence-corrected chi connectivity index (χ4v) is 2.99. The first kappa shape index (κ1) is 18.0. The van der Waals surface area contributed by atoms with Crippen molar-refractivity contribution >= 4 is 17.5 Å². The Hall–Kier alpha value is -3.38. The van der Waals surface area contributed by atoms with Crippen molar-refractivity contribution in [3.8, 4) is 17.1 Å². The largest absolute Gasteiger partial charge is 0.463 e. The van der Waals surface area contributed by atoms with Crippen molar-refractivity contribution in [2.75, 3.05) is 7.05 Å². The maximum atomic E-state index is 12.9. The fourth-order valence-electron chi connectivity index (χ4n) is 2.87. The van der Waals surface area contributed by atoms with E-state index in [1.54, 1.807) is 53.4 Å². The predicted molar refractivity (Wildman–Crippen MR) is 106 cm³/mol. The molecule has 0 radical (unpaired) electrons. The smallest absolute Gasteiger partial charge is 0.274 e. The van der Waals surface area contributed by atoms with Crippen LogP contribution in [0.3, 0.4) is 0 Å². The number of carbonyl (C=O) groups excluding carboxylic acids is 1. The third-order valence-electron chi connectivity index (χ3n) is 4.25. The lowest BCUT2D eigenvalue weighted by molar-refractivity contribution is 0.0777. The van der Waals surface area contributed by atoms with Gasteiger partial charge in [0.25, 0.3) is 5.91 Å². The minimum atomic E-state index is -0.203. The molecular weight excluding hydrogens is 376 g/mol. The van der Waals surface area contributed by atoms with Crippen LogP contribution in [0.4, 0.5) is 0 Å². The number of aromatic nitrogens is 3. The van der Waals surface area contributed by atoms with E-state index in [0.29, 0.717) is 28.7 Å². The summed E-state index contributed by atoms with van der Waals surface area (Å²) < 4.78 is 7.21. The third kappa shape index (κ3) is 3.68. The van der Waals surface area contributed by atoms with E-state index in [2.05, 4.69) is 10.1 Å². The number of rotatable bonds is 5. The summed E-state index contributed by atoms with van der Waals surface area (Å²) >= 11 is 6.00. The van der Waals surface area contributed by atoms with E-state index >= 15 is 0 Å². The summed E-state index contributed by atoms with van der Waals surface area (Å²) in [7, 11) is 1.73. The first-order chi connectivity index (χ1) is 13.6. The van der Waals surface area contributed by atoms with Crippen LogP contribution >= 0.6 is 11.6 Å². The van der Waals surface area contributed by atoms with Crippen LogP contribution in [0, 0.1) is 0 Å². The Balaban J connectivity index is 1.68. The summed E-state index contributed by atoms with van der Waals surface area (Å²) in [6.07, 6.45) is 3.29. The standard InChI is InChI=1S/C21H17ClN4O2/c1-25(14-16-5-2-3-11-23-16)21(27)18-13-19(20-6-4-12-28-20)26(24-18)17-9-7-15(22)8-10-17/h2-13H,14H2,1H3. The topological polar surface area (TPSA) is 64.2 Å². The molecule has 3 heterocycles. The second-order valence-corrected chi connectivity index (χ2v) is 6.70. The summed E-state index contributed by atoms with van der Waals surface area (Å²) in [5.74, 6) is 0.417. The van der Waals surface area contributed by atoms with Gasteiger partial charge in [-0.05, 0) is 48.5 Å². The Labute approximate surface area is 167 Å². The van der Waals surface area contributed by atoms with Gasteiger partial charge in [-0.1, -0.05) is 17.7 Å². The van der Waals surface area contributed by atoms with Gasteiger partial charge in [-0.25, -0.2) is 4.68 Å². The molecule has 0 atom stereocenters. The summed E-state index contributed by atoms with van der Waals surface area (Å²) in [5, 5.41) is 5.16. The van der Waals surface area contributed by atoms with Crippen molar-refractivity contribution in [2.24, 2.45) is 0 Å². The maximum Gasteiger partial charge on any atom is 0.274 e. The van der Waals surface area contributed by atoms with Crippen LogP contribution in [0.25, 0.3) is 17.1 Å². The first-order valence-electron chi connectivity index (χ1n) is 8.67. The number of hydrogen-bond acceptors (Lipinski definition) is 4. The van der Waals surface area contributed by atoms with Gasteiger partial charge in [0.15, 0.2) is 11.5 Å². The van der Waals surface area contributed by atoms with E-state index in [1.807, 2.05) is 36.4 Å². The fraction of sp³-hybridized carbons (Fsp3) is 0.0952. The van der Waals surface area contributed by atoms with Gasteiger partial charge in [-0.15, -0.1) is 0 Å². The molecule has 0 saturated heterocycles. The van der Waals surface area contributed by atoms with Crippen molar-refractivity contribution in [2.45, 2.75) is 6.54 Å². The predicted octanol–water partition coefficient (Wildman–Crippen LogP) is 4.45. The summed E-state index contributed by atoms with van der Waals surface area (Å²) in [5.41, 5.74) is 2.59. The summed E-state index contributed by atoms with van der Waals surface area (Å²) in [6, 6.07) is 18.2. The Kier molecular flexibility index (Phi) is 4.95. The Morgan fingerprint density at radius 3 is 2.64 bits per heavy atom. The van der Waals surface area contributed by atoms with Crippen LogP contribution in [0.2, 0.25) is 5.02 Å². The molecule has 3 aromatic heterocycles. The molecule has 0 aliphatic rings. The van der Waals surface area contributed by atoms with E-state index in [0.717, 1.165) is 11.4 Å². The number of furan rings is 1. The summed E-state index contributed by atoms with van der Waals surface area (Å²) in [4.78, 5) is 18.8. The normalized spacial score (nSPS) is 10.8. The molecule has 4 rings (SSSR count). The van der Waals surface area contributed by atoms with Crippen molar-refractivity contribution in [1.82, 2.24) is 19.7 Å². The van der Waals surface area contributed by atoms with Crippen LogP contribution in [0.5, 0.6) is 0 Å². The molecule has 0 aliphatic carbocycles. The second-order valence-electron chi connectivity index (χ2n) is 6.26. The highest BCUT2D eigenvalue weighted by atomic mass is 35.5. The third-order valence-corrected chi connectivity index (χ3v) is 4.50. The van der Waals surface area contributed by atoms with Crippen LogP contribution in [-0.2, 0) is 6.54 Å². The lowest BCUT2D eigenvalue weighted by Gasteiger charge is -2.15. The number of nitrogens with zero attached hydrogens (tertiary/aromatic N) is 4. The number of halogens is 1. The number of amides is 1. The Morgan fingerprint density at radius 2 is 1.96 bits per heavy atom. The number of hydrogen-bond donors (Lipinski definition) is 0. The first-order valence-corrected chi connectivity index (χ1v) is 9.05. The van der Waals surface area contributed by atoms with E-state index < -0.39 is 0 Å². The van der Waals surface area contributed by atoms with Crippen LogP contribution < -0.4 is 0 Å². The van der Waals surface area contributed by atoms with Crippen LogP contribution in [0.1, 0.15) is 16.2 Å². The molecule has 1 amide bonds. The quantitative estimate of drug-likeness (QED) is 0.503. The molecule has 140 valence electrons. The molecule has 0 saturated carbocycles. The van der Waals surface area contributed by atoms with Gasteiger partial charge in [-0.2, -0.15) is 5.10 Å². The SMILES string of the molecule is CN(Cc1ccccn1)C(=O)c1cc(-c2ccco2)n(-c2ccc(Cl)cc2)n1.